The average Bonchev–Trinajstić information content (AvgIpc) is 2.54. The lowest BCUT2D eigenvalue weighted by atomic mass is 9.96. The third kappa shape index (κ3) is 4.42. The van der Waals surface area contributed by atoms with Gasteiger partial charge in [0.25, 0.3) is 5.91 Å². The maximum absolute atomic E-state index is 12.4. The average molecular weight is 328 g/mol. The van der Waals surface area contributed by atoms with Crippen LogP contribution in [0.3, 0.4) is 0 Å². The van der Waals surface area contributed by atoms with Crippen molar-refractivity contribution in [1.82, 2.24) is 9.88 Å². The molecule has 1 aliphatic heterocycles. The van der Waals surface area contributed by atoms with Gasteiger partial charge in [-0.2, -0.15) is 0 Å². The molecule has 22 heavy (non-hydrogen) atoms. The second-order valence-electron chi connectivity index (χ2n) is 5.06. The zero-order chi connectivity index (χ0) is 15.2. The fourth-order valence-corrected chi connectivity index (χ4v) is 2.48. The molecule has 1 amide bonds. The summed E-state index contributed by atoms with van der Waals surface area (Å²) in [4.78, 5) is 29.9. The van der Waals surface area contributed by atoms with Crippen LogP contribution >= 0.6 is 12.4 Å². The molecule has 0 unspecified atom stereocenters. The van der Waals surface area contributed by atoms with Gasteiger partial charge in [-0.15, -0.1) is 12.4 Å². The van der Waals surface area contributed by atoms with Gasteiger partial charge in [0.1, 0.15) is 0 Å². The van der Waals surface area contributed by atoms with Crippen LogP contribution in [0.2, 0.25) is 0 Å². The van der Waals surface area contributed by atoms with Crippen LogP contribution in [-0.2, 0) is 16.1 Å². The van der Waals surface area contributed by atoms with Gasteiger partial charge in [0.2, 0.25) is 0 Å². The summed E-state index contributed by atoms with van der Waals surface area (Å²) in [7, 11) is 0. The molecule has 0 bridgehead atoms. The van der Waals surface area contributed by atoms with Crippen LogP contribution in [0.15, 0.2) is 18.3 Å². The van der Waals surface area contributed by atoms with E-state index in [4.69, 9.17) is 10.5 Å². The highest BCUT2D eigenvalue weighted by atomic mass is 35.5. The summed E-state index contributed by atoms with van der Waals surface area (Å²) < 4.78 is 5.03. The Morgan fingerprint density at radius 3 is 2.68 bits per heavy atom. The topological polar surface area (TPSA) is 85.5 Å². The van der Waals surface area contributed by atoms with E-state index in [2.05, 4.69) is 4.98 Å². The first-order valence-electron chi connectivity index (χ1n) is 7.26. The first-order valence-corrected chi connectivity index (χ1v) is 7.26. The first-order chi connectivity index (χ1) is 10.2. The lowest BCUT2D eigenvalue weighted by Gasteiger charge is -2.31. The molecule has 6 nitrogen and oxygen atoms in total. The number of nitrogens with zero attached hydrogens (tertiary/aromatic N) is 2. The Morgan fingerprint density at radius 1 is 1.41 bits per heavy atom. The minimum absolute atomic E-state index is 0. The number of halogens is 1. The molecule has 2 rings (SSSR count). The van der Waals surface area contributed by atoms with Crippen molar-refractivity contribution in [2.75, 3.05) is 19.7 Å². The van der Waals surface area contributed by atoms with E-state index < -0.39 is 0 Å². The third-order valence-electron chi connectivity index (χ3n) is 3.67. The van der Waals surface area contributed by atoms with Crippen molar-refractivity contribution in [2.45, 2.75) is 26.3 Å². The molecule has 0 saturated carbocycles. The maximum Gasteiger partial charge on any atom is 0.309 e. The Labute approximate surface area is 136 Å². The minimum atomic E-state index is -0.154. The summed E-state index contributed by atoms with van der Waals surface area (Å²) in [6.07, 6.45) is 2.90. The van der Waals surface area contributed by atoms with Crippen LogP contribution in [0.25, 0.3) is 0 Å². The number of rotatable bonds is 4. The molecule has 2 N–H and O–H groups in total. The molecule has 1 saturated heterocycles. The van der Waals surface area contributed by atoms with Gasteiger partial charge >= 0.3 is 5.97 Å². The Morgan fingerprint density at radius 2 is 2.09 bits per heavy atom. The Bertz CT molecular complexity index is 517. The number of piperidine rings is 1. The summed E-state index contributed by atoms with van der Waals surface area (Å²) in [6, 6.07) is 3.42. The molecule has 1 fully saturated rings. The molecule has 0 spiro atoms. The Hall–Kier alpha value is -1.66. The molecular formula is C15H22ClN3O3. The normalized spacial score (nSPS) is 15.1. The lowest BCUT2D eigenvalue weighted by Crippen LogP contribution is -2.40. The molecule has 0 radical (unpaired) electrons. The monoisotopic (exact) mass is 327 g/mol. The highest BCUT2D eigenvalue weighted by Crippen LogP contribution is 2.20. The fraction of sp³-hybridized carbons (Fsp3) is 0.533. The van der Waals surface area contributed by atoms with E-state index in [0.717, 1.165) is 0 Å². The van der Waals surface area contributed by atoms with Gasteiger partial charge in [0, 0.05) is 31.4 Å². The highest BCUT2D eigenvalue weighted by Gasteiger charge is 2.28. The van der Waals surface area contributed by atoms with E-state index in [1.807, 2.05) is 0 Å². The van der Waals surface area contributed by atoms with Crippen LogP contribution in [0, 0.1) is 5.92 Å². The largest absolute Gasteiger partial charge is 0.466 e. The van der Waals surface area contributed by atoms with Crippen molar-refractivity contribution in [1.29, 1.82) is 0 Å². The minimum Gasteiger partial charge on any atom is -0.466 e. The van der Waals surface area contributed by atoms with E-state index in [1.54, 1.807) is 30.2 Å². The molecule has 2 heterocycles. The lowest BCUT2D eigenvalue weighted by molar-refractivity contribution is -0.149. The molecule has 122 valence electrons. The van der Waals surface area contributed by atoms with Gasteiger partial charge < -0.3 is 15.4 Å². The number of likely N-dealkylation sites (tertiary alicyclic amines) is 1. The molecule has 1 aliphatic rings. The number of carbonyl (C=O) groups excluding carboxylic acids is 2. The van der Waals surface area contributed by atoms with E-state index in [1.165, 1.54) is 0 Å². The predicted molar refractivity (Wildman–Crippen MR) is 84.6 cm³/mol. The number of amides is 1. The molecule has 1 aromatic rings. The van der Waals surface area contributed by atoms with Crippen LogP contribution < -0.4 is 5.73 Å². The number of ether oxygens (including phenoxy) is 1. The van der Waals surface area contributed by atoms with E-state index in [0.29, 0.717) is 50.3 Å². The van der Waals surface area contributed by atoms with Gasteiger partial charge in [-0.1, -0.05) is 0 Å². The number of aromatic nitrogens is 1. The second kappa shape index (κ2) is 8.70. The van der Waals surface area contributed by atoms with Crippen LogP contribution in [-0.4, -0.2) is 41.5 Å². The predicted octanol–water partition coefficient (Wildman–Crippen LogP) is 1.38. The quantitative estimate of drug-likeness (QED) is 0.844. The van der Waals surface area contributed by atoms with Gasteiger partial charge in [-0.05, 0) is 31.9 Å². The summed E-state index contributed by atoms with van der Waals surface area (Å²) in [5.74, 6) is -0.278. The summed E-state index contributed by atoms with van der Waals surface area (Å²) >= 11 is 0. The van der Waals surface area contributed by atoms with Crippen molar-refractivity contribution in [3.8, 4) is 0 Å². The number of hydrogen-bond donors (Lipinski definition) is 1. The standard InChI is InChI=1S/C15H21N3O3.ClH/c1-2-21-15(20)11-4-7-18(8-5-11)14(19)12-3-6-17-13(9-12)10-16;/h3,6,9,11H,2,4-5,7-8,10,16H2,1H3;1H. The van der Waals surface area contributed by atoms with Crippen LogP contribution in [0.1, 0.15) is 35.8 Å². The number of hydrogen-bond acceptors (Lipinski definition) is 5. The van der Waals surface area contributed by atoms with E-state index >= 15 is 0 Å². The first kappa shape index (κ1) is 18.4. The number of pyridine rings is 1. The summed E-state index contributed by atoms with van der Waals surface area (Å²) in [5.41, 5.74) is 6.83. The number of nitrogens with two attached hydrogens (primary N) is 1. The molecule has 0 aromatic carbocycles. The van der Waals surface area contributed by atoms with Crippen molar-refractivity contribution in [2.24, 2.45) is 11.7 Å². The van der Waals surface area contributed by atoms with E-state index in [-0.39, 0.29) is 30.2 Å². The van der Waals surface area contributed by atoms with Crippen molar-refractivity contribution in [3.63, 3.8) is 0 Å². The van der Waals surface area contributed by atoms with Gasteiger partial charge in [0.05, 0.1) is 18.2 Å². The third-order valence-corrected chi connectivity index (χ3v) is 3.67. The van der Waals surface area contributed by atoms with E-state index in [9.17, 15) is 9.59 Å². The molecule has 0 atom stereocenters. The van der Waals surface area contributed by atoms with Crippen molar-refractivity contribution >= 4 is 24.3 Å². The van der Waals surface area contributed by atoms with Crippen molar-refractivity contribution < 1.29 is 14.3 Å². The fourth-order valence-electron chi connectivity index (χ4n) is 2.48. The van der Waals surface area contributed by atoms with Crippen LogP contribution in [0.4, 0.5) is 0 Å². The second-order valence-corrected chi connectivity index (χ2v) is 5.06. The Balaban J connectivity index is 0.00000242. The maximum atomic E-state index is 12.4. The number of carbonyl (C=O) groups is 2. The summed E-state index contributed by atoms with van der Waals surface area (Å²) in [6.45, 7) is 3.66. The van der Waals surface area contributed by atoms with Gasteiger partial charge in [-0.25, -0.2) is 0 Å². The molecule has 1 aromatic heterocycles. The van der Waals surface area contributed by atoms with Crippen molar-refractivity contribution in [3.05, 3.63) is 29.6 Å². The smallest absolute Gasteiger partial charge is 0.309 e. The van der Waals surface area contributed by atoms with Gasteiger partial charge in [0.15, 0.2) is 0 Å². The number of esters is 1. The van der Waals surface area contributed by atoms with Gasteiger partial charge in [-0.3, -0.25) is 14.6 Å². The molecule has 7 heteroatoms. The van der Waals surface area contributed by atoms with Crippen LogP contribution in [0.5, 0.6) is 0 Å². The summed E-state index contributed by atoms with van der Waals surface area (Å²) in [5, 5.41) is 0. The molecular weight excluding hydrogens is 306 g/mol. The highest BCUT2D eigenvalue weighted by molar-refractivity contribution is 5.94. The zero-order valence-electron chi connectivity index (χ0n) is 12.7. The molecule has 0 aliphatic carbocycles. The zero-order valence-corrected chi connectivity index (χ0v) is 13.5. The Kier molecular flexibility index (Phi) is 7.27. The SMILES string of the molecule is CCOC(=O)C1CCN(C(=O)c2ccnc(CN)c2)CC1.Cl.